The van der Waals surface area contributed by atoms with Crippen LogP contribution in [0.4, 0.5) is 10.5 Å². The van der Waals surface area contributed by atoms with E-state index >= 15 is 0 Å². The highest BCUT2D eigenvalue weighted by Gasteiger charge is 2.10. The van der Waals surface area contributed by atoms with Gasteiger partial charge in [0, 0.05) is 13.6 Å². The molecule has 0 radical (unpaired) electrons. The van der Waals surface area contributed by atoms with E-state index in [2.05, 4.69) is 5.32 Å². The summed E-state index contributed by atoms with van der Waals surface area (Å²) in [6, 6.07) is 6.41. The van der Waals surface area contributed by atoms with Crippen LogP contribution in [0, 0.1) is 0 Å². The number of hydrogen-bond acceptors (Lipinski definition) is 3. The Labute approximate surface area is 105 Å². The van der Waals surface area contributed by atoms with E-state index < -0.39 is 12.6 Å². The van der Waals surface area contributed by atoms with Crippen molar-refractivity contribution in [3.8, 4) is 5.75 Å². The van der Waals surface area contributed by atoms with Gasteiger partial charge in [-0.15, -0.1) is 0 Å². The lowest BCUT2D eigenvalue weighted by Crippen LogP contribution is -2.31. The lowest BCUT2D eigenvalue weighted by atomic mass is 10.3. The van der Waals surface area contributed by atoms with E-state index in [1.165, 1.54) is 4.90 Å². The monoisotopic (exact) mass is 252 g/mol. The predicted octanol–water partition coefficient (Wildman–Crippen LogP) is 1.63. The van der Waals surface area contributed by atoms with Crippen LogP contribution in [-0.2, 0) is 4.79 Å². The van der Waals surface area contributed by atoms with E-state index in [0.29, 0.717) is 18.0 Å². The Morgan fingerprint density at radius 3 is 2.67 bits per heavy atom. The first-order valence-electron chi connectivity index (χ1n) is 5.50. The van der Waals surface area contributed by atoms with Gasteiger partial charge in [-0.3, -0.25) is 0 Å². The van der Waals surface area contributed by atoms with Crippen LogP contribution < -0.4 is 10.1 Å². The second-order valence-electron chi connectivity index (χ2n) is 3.62. The van der Waals surface area contributed by atoms with Crippen LogP contribution in [0.1, 0.15) is 6.92 Å². The number of carbonyl (C=O) groups is 2. The van der Waals surface area contributed by atoms with Crippen molar-refractivity contribution in [3.05, 3.63) is 24.3 Å². The van der Waals surface area contributed by atoms with Gasteiger partial charge < -0.3 is 20.1 Å². The number of benzene rings is 1. The Bertz CT molecular complexity index is 434. The van der Waals surface area contributed by atoms with E-state index in [0.717, 1.165) is 0 Å². The molecule has 0 heterocycles. The molecule has 98 valence electrons. The number of carboxylic acids is 1. The van der Waals surface area contributed by atoms with Crippen molar-refractivity contribution in [2.45, 2.75) is 6.92 Å². The van der Waals surface area contributed by atoms with Crippen LogP contribution in [0.3, 0.4) is 0 Å². The minimum Gasteiger partial charge on any atom is -0.480 e. The van der Waals surface area contributed by atoms with Gasteiger partial charge in [-0.25, -0.2) is 9.59 Å². The smallest absolute Gasteiger partial charge is 0.341 e. The average molecular weight is 252 g/mol. The number of carbonyl (C=O) groups excluding carboxylic acids is 1. The van der Waals surface area contributed by atoms with E-state index in [-0.39, 0.29) is 6.03 Å². The van der Waals surface area contributed by atoms with Crippen LogP contribution in [0.15, 0.2) is 24.3 Å². The molecule has 0 saturated heterocycles. The highest BCUT2D eigenvalue weighted by Crippen LogP contribution is 2.23. The summed E-state index contributed by atoms with van der Waals surface area (Å²) in [5, 5.41) is 11.2. The fraction of sp³-hybridized carbons (Fsp3) is 0.333. The minimum atomic E-state index is -1.07. The summed E-state index contributed by atoms with van der Waals surface area (Å²) in [4.78, 5) is 23.6. The van der Waals surface area contributed by atoms with Crippen molar-refractivity contribution >= 4 is 17.7 Å². The third kappa shape index (κ3) is 3.97. The van der Waals surface area contributed by atoms with Gasteiger partial charge in [-0.05, 0) is 19.1 Å². The number of ether oxygens (including phenoxy) is 1. The SMILES string of the molecule is CCN(C)C(=O)Nc1ccccc1OCC(=O)O. The summed E-state index contributed by atoms with van der Waals surface area (Å²) in [6.45, 7) is 1.98. The second kappa shape index (κ2) is 6.48. The normalized spacial score (nSPS) is 9.67. The van der Waals surface area contributed by atoms with E-state index in [9.17, 15) is 9.59 Å². The van der Waals surface area contributed by atoms with Crippen molar-refractivity contribution in [2.75, 3.05) is 25.5 Å². The third-order valence-electron chi connectivity index (χ3n) is 2.30. The molecule has 0 spiro atoms. The van der Waals surface area contributed by atoms with Gasteiger partial charge in [-0.1, -0.05) is 12.1 Å². The summed E-state index contributed by atoms with van der Waals surface area (Å²) in [6.07, 6.45) is 0. The highest BCUT2D eigenvalue weighted by molar-refractivity contribution is 5.90. The molecule has 1 aromatic rings. The van der Waals surface area contributed by atoms with Crippen LogP contribution in [0.2, 0.25) is 0 Å². The van der Waals surface area contributed by atoms with Gasteiger partial charge in [0.1, 0.15) is 5.75 Å². The average Bonchev–Trinajstić information content (AvgIpc) is 2.36. The number of carboxylic acid groups (broad SMARTS) is 1. The summed E-state index contributed by atoms with van der Waals surface area (Å²) < 4.78 is 5.08. The summed E-state index contributed by atoms with van der Waals surface area (Å²) in [5.74, 6) is -0.737. The Morgan fingerprint density at radius 1 is 1.39 bits per heavy atom. The van der Waals surface area contributed by atoms with E-state index in [1.54, 1.807) is 31.3 Å². The van der Waals surface area contributed by atoms with Crippen molar-refractivity contribution in [1.82, 2.24) is 4.90 Å². The molecule has 0 saturated carbocycles. The van der Waals surface area contributed by atoms with Gasteiger partial charge in [0.25, 0.3) is 0 Å². The Balaban J connectivity index is 2.75. The van der Waals surface area contributed by atoms with Crippen molar-refractivity contribution in [3.63, 3.8) is 0 Å². The lowest BCUT2D eigenvalue weighted by Gasteiger charge is -2.17. The molecular weight excluding hydrogens is 236 g/mol. The molecule has 6 heteroatoms. The molecule has 0 aromatic heterocycles. The fourth-order valence-corrected chi connectivity index (χ4v) is 1.19. The first-order chi connectivity index (χ1) is 8.54. The van der Waals surface area contributed by atoms with E-state index in [4.69, 9.17) is 9.84 Å². The molecule has 0 aliphatic carbocycles. The quantitative estimate of drug-likeness (QED) is 0.834. The van der Waals surface area contributed by atoms with Gasteiger partial charge in [-0.2, -0.15) is 0 Å². The molecule has 0 fully saturated rings. The highest BCUT2D eigenvalue weighted by atomic mass is 16.5. The number of urea groups is 1. The maximum absolute atomic E-state index is 11.7. The molecule has 0 aliphatic rings. The van der Waals surface area contributed by atoms with Gasteiger partial charge in [0.2, 0.25) is 0 Å². The zero-order chi connectivity index (χ0) is 13.5. The molecule has 0 unspecified atom stereocenters. The molecule has 2 amide bonds. The third-order valence-corrected chi connectivity index (χ3v) is 2.30. The molecule has 1 rings (SSSR count). The minimum absolute atomic E-state index is 0.274. The molecule has 18 heavy (non-hydrogen) atoms. The Hall–Kier alpha value is -2.24. The number of para-hydroxylation sites is 2. The van der Waals surface area contributed by atoms with Gasteiger partial charge in [0.15, 0.2) is 6.61 Å². The van der Waals surface area contributed by atoms with E-state index in [1.807, 2.05) is 6.92 Å². The largest absolute Gasteiger partial charge is 0.480 e. The molecule has 6 nitrogen and oxygen atoms in total. The molecule has 2 N–H and O–H groups in total. The summed E-state index contributed by atoms with van der Waals surface area (Å²) in [7, 11) is 1.66. The van der Waals surface area contributed by atoms with Crippen LogP contribution >= 0.6 is 0 Å². The maximum Gasteiger partial charge on any atom is 0.341 e. The zero-order valence-electron chi connectivity index (χ0n) is 10.3. The molecule has 0 bridgehead atoms. The Morgan fingerprint density at radius 2 is 2.06 bits per heavy atom. The number of nitrogens with zero attached hydrogens (tertiary/aromatic N) is 1. The topological polar surface area (TPSA) is 78.9 Å². The van der Waals surface area contributed by atoms with Crippen molar-refractivity contribution < 1.29 is 19.4 Å². The Kier molecular flexibility index (Phi) is 4.98. The van der Waals surface area contributed by atoms with Gasteiger partial charge in [0.05, 0.1) is 5.69 Å². The number of amides is 2. The number of nitrogens with one attached hydrogen (secondary N) is 1. The lowest BCUT2D eigenvalue weighted by molar-refractivity contribution is -0.139. The summed E-state index contributed by atoms with van der Waals surface area (Å²) >= 11 is 0. The number of rotatable bonds is 5. The maximum atomic E-state index is 11.7. The fourth-order valence-electron chi connectivity index (χ4n) is 1.19. The van der Waals surface area contributed by atoms with Crippen molar-refractivity contribution in [1.29, 1.82) is 0 Å². The number of hydrogen-bond donors (Lipinski definition) is 2. The number of aliphatic carboxylic acids is 1. The first-order valence-corrected chi connectivity index (χ1v) is 5.50. The zero-order valence-corrected chi connectivity index (χ0v) is 10.3. The van der Waals surface area contributed by atoms with Gasteiger partial charge >= 0.3 is 12.0 Å². The number of anilines is 1. The van der Waals surface area contributed by atoms with Crippen LogP contribution in [-0.4, -0.2) is 42.2 Å². The first kappa shape index (κ1) is 13.8. The molecule has 0 atom stereocenters. The second-order valence-corrected chi connectivity index (χ2v) is 3.62. The van der Waals surface area contributed by atoms with Crippen LogP contribution in [0.25, 0.3) is 0 Å². The molecule has 0 aliphatic heterocycles. The predicted molar refractivity (Wildman–Crippen MR) is 66.9 cm³/mol. The molecule has 1 aromatic carbocycles. The van der Waals surface area contributed by atoms with Crippen molar-refractivity contribution in [2.24, 2.45) is 0 Å². The standard InChI is InChI=1S/C12H16N2O4/c1-3-14(2)12(17)13-9-6-4-5-7-10(9)18-8-11(15)16/h4-7H,3,8H2,1-2H3,(H,13,17)(H,15,16). The van der Waals surface area contributed by atoms with Crippen LogP contribution in [0.5, 0.6) is 5.75 Å². The summed E-state index contributed by atoms with van der Waals surface area (Å²) in [5.41, 5.74) is 0.448. The molecular formula is C12H16N2O4.